The molecular weight excluding hydrogens is 174 g/mol. The van der Waals surface area contributed by atoms with Crippen LogP contribution in [0.2, 0.25) is 0 Å². The van der Waals surface area contributed by atoms with E-state index < -0.39 is 0 Å². The molecule has 0 radical (unpaired) electrons. The van der Waals surface area contributed by atoms with E-state index in [1.54, 1.807) is 18.4 Å². The van der Waals surface area contributed by atoms with Crippen molar-refractivity contribution in [2.24, 2.45) is 0 Å². The van der Waals surface area contributed by atoms with Crippen LogP contribution in [0.25, 0.3) is 0 Å². The molecule has 0 aromatic heterocycles. The largest absolute Gasteiger partial charge is 0.510 e. The summed E-state index contributed by atoms with van der Waals surface area (Å²) in [5.74, 6) is 0.301. The highest BCUT2D eigenvalue weighted by molar-refractivity contribution is 6.32. The first-order valence-corrected chi connectivity index (χ1v) is 4.06. The lowest BCUT2D eigenvalue weighted by atomic mass is 9.98. The van der Waals surface area contributed by atoms with Gasteiger partial charge in [-0.1, -0.05) is 17.7 Å². The van der Waals surface area contributed by atoms with Crippen LogP contribution in [0, 0.1) is 0 Å². The van der Waals surface area contributed by atoms with Crippen LogP contribution in [-0.4, -0.2) is 11.1 Å². The molecule has 0 fully saturated rings. The van der Waals surface area contributed by atoms with Crippen LogP contribution in [0.1, 0.15) is 0 Å². The van der Waals surface area contributed by atoms with Crippen molar-refractivity contribution >= 4 is 11.6 Å². The van der Waals surface area contributed by atoms with E-state index in [0.29, 0.717) is 10.8 Å². The van der Waals surface area contributed by atoms with Gasteiger partial charge in [-0.2, -0.15) is 0 Å². The van der Waals surface area contributed by atoms with Gasteiger partial charge in [-0.3, -0.25) is 0 Å². The zero-order valence-corrected chi connectivity index (χ0v) is 7.05. The lowest BCUT2D eigenvalue weighted by Gasteiger charge is -2.24. The fourth-order valence-electron chi connectivity index (χ4n) is 1.30. The number of fused-ring (bicyclic) bond motifs is 1. The summed E-state index contributed by atoms with van der Waals surface area (Å²) in [5, 5.41) is 13.1. The predicted octanol–water partition coefficient (Wildman–Crippen LogP) is 1.98. The van der Waals surface area contributed by atoms with Crippen molar-refractivity contribution < 1.29 is 5.11 Å². The number of allylic oxidation sites excluding steroid dienone is 4. The fraction of sp³-hybridized carbons (Fsp3) is 0.111. The summed E-state index contributed by atoms with van der Waals surface area (Å²) >= 11 is 5.92. The molecule has 0 bridgehead atoms. The number of hydrogen-bond donors (Lipinski definition) is 2. The number of rotatable bonds is 0. The van der Waals surface area contributed by atoms with E-state index in [1.807, 2.05) is 12.2 Å². The second-order valence-electron chi connectivity index (χ2n) is 2.69. The van der Waals surface area contributed by atoms with Crippen molar-refractivity contribution in [3.63, 3.8) is 0 Å². The van der Waals surface area contributed by atoms with Gasteiger partial charge >= 0.3 is 0 Å². The van der Waals surface area contributed by atoms with Crippen LogP contribution in [0.4, 0.5) is 0 Å². The molecule has 0 spiro atoms. The van der Waals surface area contributed by atoms with Crippen LogP contribution in [0.15, 0.2) is 46.9 Å². The van der Waals surface area contributed by atoms with Crippen LogP contribution in [0.3, 0.4) is 0 Å². The molecule has 0 amide bonds. The number of aliphatic hydroxyl groups is 1. The number of hydrogen-bond acceptors (Lipinski definition) is 2. The topological polar surface area (TPSA) is 32.3 Å². The molecule has 1 heterocycles. The molecule has 3 heteroatoms. The lowest BCUT2D eigenvalue weighted by molar-refractivity contribution is 0.366. The minimum Gasteiger partial charge on any atom is -0.510 e. The minimum absolute atomic E-state index is 0.160. The van der Waals surface area contributed by atoms with Crippen LogP contribution in [0.5, 0.6) is 0 Å². The van der Waals surface area contributed by atoms with Crippen molar-refractivity contribution in [1.82, 2.24) is 5.32 Å². The first kappa shape index (κ1) is 7.50. The minimum atomic E-state index is -0.160. The molecule has 2 N–H and O–H groups in total. The number of aliphatic hydroxyl groups excluding tert-OH is 1. The van der Waals surface area contributed by atoms with E-state index >= 15 is 0 Å². The summed E-state index contributed by atoms with van der Waals surface area (Å²) in [5.41, 5.74) is 0.916. The lowest BCUT2D eigenvalue weighted by Crippen LogP contribution is -2.32. The number of dihydropyridines is 1. The van der Waals surface area contributed by atoms with E-state index in [0.717, 1.165) is 5.57 Å². The third kappa shape index (κ3) is 1.04. The Morgan fingerprint density at radius 2 is 2.17 bits per heavy atom. The van der Waals surface area contributed by atoms with Crippen molar-refractivity contribution in [1.29, 1.82) is 0 Å². The molecule has 0 saturated heterocycles. The Kier molecular flexibility index (Phi) is 1.70. The third-order valence-electron chi connectivity index (χ3n) is 1.92. The summed E-state index contributed by atoms with van der Waals surface area (Å²) in [6, 6.07) is -0.160. The van der Waals surface area contributed by atoms with Gasteiger partial charge in [0.05, 0.1) is 0 Å². The summed E-state index contributed by atoms with van der Waals surface area (Å²) in [7, 11) is 0. The average Bonchev–Trinajstić information content (AvgIpc) is 2.12. The number of halogens is 1. The fourth-order valence-corrected chi connectivity index (χ4v) is 1.54. The Bertz CT molecular complexity index is 325. The maximum Gasteiger partial charge on any atom is 0.119 e. The Balaban J connectivity index is 2.44. The summed E-state index contributed by atoms with van der Waals surface area (Å²) < 4.78 is 0. The smallest absolute Gasteiger partial charge is 0.119 e. The second-order valence-corrected chi connectivity index (χ2v) is 3.09. The maximum atomic E-state index is 9.44. The zero-order valence-electron chi connectivity index (χ0n) is 6.29. The van der Waals surface area contributed by atoms with Crippen molar-refractivity contribution in [3.8, 4) is 0 Å². The molecule has 1 unspecified atom stereocenters. The van der Waals surface area contributed by atoms with E-state index in [4.69, 9.17) is 11.6 Å². The van der Waals surface area contributed by atoms with Gasteiger partial charge in [0.2, 0.25) is 0 Å². The van der Waals surface area contributed by atoms with Gasteiger partial charge in [0.25, 0.3) is 0 Å². The highest BCUT2D eigenvalue weighted by Crippen LogP contribution is 2.28. The maximum absolute atomic E-state index is 9.44. The van der Waals surface area contributed by atoms with Gasteiger partial charge < -0.3 is 10.4 Å². The van der Waals surface area contributed by atoms with Crippen LogP contribution in [-0.2, 0) is 0 Å². The van der Waals surface area contributed by atoms with E-state index in [-0.39, 0.29) is 6.04 Å². The van der Waals surface area contributed by atoms with Crippen molar-refractivity contribution in [2.45, 2.75) is 6.04 Å². The standard InChI is InChI=1S/C9H8ClNO/c10-7-3-4-8(12)9-6(7)2-1-5-11-9/h1-5,9,11-12H. The SMILES string of the molecule is OC1=CC=C(Cl)C2=CC=CNC12. The molecule has 1 atom stereocenters. The molecule has 2 nitrogen and oxygen atoms in total. The second kappa shape index (κ2) is 2.72. The van der Waals surface area contributed by atoms with E-state index in [1.165, 1.54) is 0 Å². The highest BCUT2D eigenvalue weighted by atomic mass is 35.5. The van der Waals surface area contributed by atoms with Gasteiger partial charge in [-0.25, -0.2) is 0 Å². The van der Waals surface area contributed by atoms with Gasteiger partial charge in [-0.05, 0) is 24.4 Å². The number of nitrogens with one attached hydrogen (secondary N) is 1. The Morgan fingerprint density at radius 1 is 1.33 bits per heavy atom. The molecule has 0 saturated carbocycles. The van der Waals surface area contributed by atoms with Gasteiger partial charge in [0.15, 0.2) is 0 Å². The monoisotopic (exact) mass is 181 g/mol. The molecule has 1 aliphatic carbocycles. The van der Waals surface area contributed by atoms with E-state index in [2.05, 4.69) is 5.32 Å². The summed E-state index contributed by atoms with van der Waals surface area (Å²) in [4.78, 5) is 0. The van der Waals surface area contributed by atoms with Crippen LogP contribution >= 0.6 is 11.6 Å². The molecule has 12 heavy (non-hydrogen) atoms. The molecule has 2 aliphatic rings. The molecular formula is C9H8ClNO. The first-order valence-electron chi connectivity index (χ1n) is 3.68. The highest BCUT2D eigenvalue weighted by Gasteiger charge is 2.23. The Labute approximate surface area is 75.5 Å². The molecule has 0 aromatic carbocycles. The molecule has 62 valence electrons. The summed E-state index contributed by atoms with van der Waals surface area (Å²) in [6.45, 7) is 0. The van der Waals surface area contributed by atoms with Gasteiger partial charge in [0.1, 0.15) is 11.8 Å². The Morgan fingerprint density at radius 3 is 2.92 bits per heavy atom. The van der Waals surface area contributed by atoms with Crippen LogP contribution < -0.4 is 5.32 Å². The van der Waals surface area contributed by atoms with E-state index in [9.17, 15) is 5.11 Å². The Hall–Kier alpha value is -1.15. The third-order valence-corrected chi connectivity index (χ3v) is 2.26. The molecule has 2 rings (SSSR count). The quantitative estimate of drug-likeness (QED) is 0.599. The summed E-state index contributed by atoms with van der Waals surface area (Å²) in [6.07, 6.45) is 8.84. The molecule has 1 aliphatic heterocycles. The first-order chi connectivity index (χ1) is 5.79. The van der Waals surface area contributed by atoms with Gasteiger partial charge in [-0.15, -0.1) is 0 Å². The van der Waals surface area contributed by atoms with Crippen molar-refractivity contribution in [3.05, 3.63) is 46.9 Å². The molecule has 0 aromatic rings. The zero-order chi connectivity index (χ0) is 8.55. The average molecular weight is 182 g/mol. The van der Waals surface area contributed by atoms with Gasteiger partial charge in [0, 0.05) is 10.6 Å². The van der Waals surface area contributed by atoms with Crippen molar-refractivity contribution in [2.75, 3.05) is 0 Å². The predicted molar refractivity (Wildman–Crippen MR) is 48.8 cm³/mol. The normalized spacial score (nSPS) is 26.4.